The van der Waals surface area contributed by atoms with Crippen LogP contribution in [0.2, 0.25) is 0 Å². The van der Waals surface area contributed by atoms with Gasteiger partial charge in [0, 0.05) is 5.69 Å². The second-order valence-corrected chi connectivity index (χ2v) is 7.53. The number of hydrogen-bond donors (Lipinski definition) is 3. The fourth-order valence-corrected chi connectivity index (χ4v) is 2.29. The minimum Gasteiger partial charge on any atom is -0.450 e. The third-order valence-corrected chi connectivity index (χ3v) is 3.65. The Morgan fingerprint density at radius 3 is 2.48 bits per heavy atom. The summed E-state index contributed by atoms with van der Waals surface area (Å²) in [7, 11) is 0. The third kappa shape index (κ3) is 6.99. The Bertz CT molecular complexity index is 579. The molecule has 5 nitrogen and oxygen atoms in total. The molecule has 3 N–H and O–H groups in total. The summed E-state index contributed by atoms with van der Waals surface area (Å²) in [6, 6.07) is 5.84. The highest BCUT2D eigenvalue weighted by Gasteiger charge is 2.35. The quantitative estimate of drug-likeness (QED) is 0.406. The van der Waals surface area contributed by atoms with Crippen LogP contribution in [0.1, 0.15) is 18.1 Å². The number of carbonyl (C=O) groups excluding carboxylic acids is 1. The van der Waals surface area contributed by atoms with Gasteiger partial charge in [0.1, 0.15) is 0 Å². The molecule has 0 radical (unpaired) electrons. The van der Waals surface area contributed by atoms with Crippen LogP contribution < -0.4 is 16.0 Å². The molecule has 0 unspecified atom stereocenters. The van der Waals surface area contributed by atoms with Crippen LogP contribution in [0.3, 0.4) is 0 Å². The van der Waals surface area contributed by atoms with Gasteiger partial charge in [0.2, 0.25) is 3.79 Å². The van der Waals surface area contributed by atoms with Gasteiger partial charge in [-0.1, -0.05) is 52.5 Å². The van der Waals surface area contributed by atoms with E-state index >= 15 is 0 Å². The second kappa shape index (κ2) is 8.78. The molecule has 1 aromatic rings. The van der Waals surface area contributed by atoms with E-state index in [0.29, 0.717) is 0 Å². The first-order valence-electron chi connectivity index (χ1n) is 6.78. The zero-order valence-corrected chi connectivity index (χ0v) is 16.0. The molecule has 0 saturated heterocycles. The van der Waals surface area contributed by atoms with Crippen molar-refractivity contribution >= 4 is 63.9 Å². The number of ether oxygens (including phenoxy) is 1. The Morgan fingerprint density at radius 2 is 1.96 bits per heavy atom. The number of rotatable bonds is 4. The number of thiocarbonyl (C=S) groups is 1. The molecular weight excluding hydrogens is 381 g/mol. The monoisotopic (exact) mass is 397 g/mol. The van der Waals surface area contributed by atoms with E-state index in [4.69, 9.17) is 51.8 Å². The summed E-state index contributed by atoms with van der Waals surface area (Å²) in [4.78, 5) is 11.5. The highest BCUT2D eigenvalue weighted by atomic mass is 35.6. The summed E-state index contributed by atoms with van der Waals surface area (Å²) in [5.41, 5.74) is 2.96. The minimum absolute atomic E-state index is 0.198. The van der Waals surface area contributed by atoms with E-state index < -0.39 is 16.1 Å². The lowest BCUT2D eigenvalue weighted by Crippen LogP contribution is -2.56. The Labute approximate surface area is 156 Å². The number of aryl methyl sites for hydroxylation is 2. The lowest BCUT2D eigenvalue weighted by Gasteiger charge is -2.27. The van der Waals surface area contributed by atoms with Crippen LogP contribution in [0.25, 0.3) is 0 Å². The maximum absolute atomic E-state index is 11.5. The molecule has 0 saturated carbocycles. The van der Waals surface area contributed by atoms with Crippen molar-refractivity contribution in [3.05, 3.63) is 29.3 Å². The van der Waals surface area contributed by atoms with E-state index in [1.54, 1.807) is 6.92 Å². The van der Waals surface area contributed by atoms with E-state index in [2.05, 4.69) is 16.0 Å². The zero-order chi connectivity index (χ0) is 17.6. The van der Waals surface area contributed by atoms with E-state index in [9.17, 15) is 4.79 Å². The molecule has 9 heteroatoms. The van der Waals surface area contributed by atoms with Gasteiger partial charge in [-0.2, -0.15) is 0 Å². The first-order chi connectivity index (χ1) is 10.6. The minimum atomic E-state index is -1.82. The van der Waals surface area contributed by atoms with Crippen LogP contribution in [0, 0.1) is 13.8 Å². The summed E-state index contributed by atoms with van der Waals surface area (Å²) in [5, 5.41) is 8.35. The number of carbonyl (C=O) groups is 1. The number of benzene rings is 1. The van der Waals surface area contributed by atoms with Crippen LogP contribution in [0.4, 0.5) is 10.5 Å². The number of halogens is 3. The molecule has 128 valence electrons. The highest BCUT2D eigenvalue weighted by molar-refractivity contribution is 7.80. The van der Waals surface area contributed by atoms with Crippen molar-refractivity contribution in [3.8, 4) is 0 Å². The number of alkyl halides is 3. The van der Waals surface area contributed by atoms with Crippen LogP contribution in [0.15, 0.2) is 18.2 Å². The van der Waals surface area contributed by atoms with Gasteiger partial charge >= 0.3 is 6.09 Å². The van der Waals surface area contributed by atoms with Gasteiger partial charge in [-0.15, -0.1) is 0 Å². The van der Waals surface area contributed by atoms with Crippen molar-refractivity contribution in [1.82, 2.24) is 10.6 Å². The summed E-state index contributed by atoms with van der Waals surface area (Å²) in [5.74, 6) is 0. The fourth-order valence-electron chi connectivity index (χ4n) is 1.73. The highest BCUT2D eigenvalue weighted by Crippen LogP contribution is 2.29. The molecule has 1 rings (SSSR count). The molecule has 0 aliphatic rings. The SMILES string of the molecule is CCOC(=O)N[C@H](NC(=S)Nc1ccc(C)cc1C)C(Cl)(Cl)Cl. The molecule has 23 heavy (non-hydrogen) atoms. The van der Waals surface area contributed by atoms with Crippen molar-refractivity contribution in [3.63, 3.8) is 0 Å². The lowest BCUT2D eigenvalue weighted by atomic mass is 10.1. The van der Waals surface area contributed by atoms with Gasteiger partial charge < -0.3 is 15.4 Å². The topological polar surface area (TPSA) is 62.4 Å². The standard InChI is InChI=1S/C14H18Cl3N3O2S/c1-4-22-13(21)20-11(14(15,16)17)19-12(23)18-10-6-5-8(2)7-9(10)3/h5-7,11H,4H2,1-3H3,(H,20,21)(H2,18,19,23)/t11-/m0/s1. The largest absolute Gasteiger partial charge is 0.450 e. The van der Waals surface area contributed by atoms with Gasteiger partial charge in [-0.25, -0.2) is 4.79 Å². The van der Waals surface area contributed by atoms with Gasteiger partial charge in [0.25, 0.3) is 0 Å². The zero-order valence-electron chi connectivity index (χ0n) is 12.9. The molecule has 0 aromatic heterocycles. The predicted octanol–water partition coefficient (Wildman–Crippen LogP) is 4.03. The van der Waals surface area contributed by atoms with Crippen LogP contribution in [0.5, 0.6) is 0 Å². The van der Waals surface area contributed by atoms with Crippen molar-refractivity contribution in [1.29, 1.82) is 0 Å². The molecule has 1 atom stereocenters. The number of anilines is 1. The first-order valence-corrected chi connectivity index (χ1v) is 8.32. The Hall–Kier alpha value is -0.950. The molecule has 1 aromatic carbocycles. The first kappa shape index (κ1) is 20.1. The number of alkyl carbamates (subject to hydrolysis) is 1. The van der Waals surface area contributed by atoms with Gasteiger partial charge in [0.05, 0.1) is 6.61 Å². The average Bonchev–Trinajstić information content (AvgIpc) is 2.40. The van der Waals surface area contributed by atoms with Crippen LogP contribution in [-0.4, -0.2) is 27.8 Å². The molecule has 0 aliphatic carbocycles. The number of hydrogen-bond acceptors (Lipinski definition) is 3. The lowest BCUT2D eigenvalue weighted by molar-refractivity contribution is 0.147. The summed E-state index contributed by atoms with van der Waals surface area (Å²) in [6.45, 7) is 5.81. The second-order valence-electron chi connectivity index (χ2n) is 4.76. The number of nitrogens with one attached hydrogen (secondary N) is 3. The van der Waals surface area contributed by atoms with Crippen molar-refractivity contribution in [2.45, 2.75) is 30.7 Å². The normalized spacial score (nSPS) is 12.3. The van der Waals surface area contributed by atoms with Crippen molar-refractivity contribution in [2.75, 3.05) is 11.9 Å². The van der Waals surface area contributed by atoms with Gasteiger partial charge in [-0.05, 0) is 44.6 Å². The molecule has 0 heterocycles. The average molecular weight is 399 g/mol. The maximum Gasteiger partial charge on any atom is 0.408 e. The Balaban J connectivity index is 2.75. The van der Waals surface area contributed by atoms with E-state index in [-0.39, 0.29) is 11.7 Å². The van der Waals surface area contributed by atoms with Gasteiger partial charge in [-0.3, -0.25) is 5.32 Å². The Kier molecular flexibility index (Phi) is 7.67. The summed E-state index contributed by atoms with van der Waals surface area (Å²) >= 11 is 22.8. The van der Waals surface area contributed by atoms with E-state index in [1.807, 2.05) is 32.0 Å². The molecule has 1 amide bonds. The van der Waals surface area contributed by atoms with E-state index in [1.165, 1.54) is 0 Å². The van der Waals surface area contributed by atoms with Gasteiger partial charge in [0.15, 0.2) is 11.3 Å². The molecule has 0 aliphatic heterocycles. The van der Waals surface area contributed by atoms with Crippen LogP contribution in [-0.2, 0) is 4.74 Å². The predicted molar refractivity (Wildman–Crippen MR) is 99.5 cm³/mol. The summed E-state index contributed by atoms with van der Waals surface area (Å²) in [6.07, 6.45) is -1.78. The van der Waals surface area contributed by atoms with Crippen LogP contribution >= 0.6 is 47.0 Å². The molecule has 0 fully saturated rings. The Morgan fingerprint density at radius 1 is 1.30 bits per heavy atom. The third-order valence-electron chi connectivity index (χ3n) is 2.77. The number of amides is 1. The smallest absolute Gasteiger partial charge is 0.408 e. The molecular formula is C14H18Cl3N3O2S. The molecule has 0 spiro atoms. The molecule has 0 bridgehead atoms. The summed E-state index contributed by atoms with van der Waals surface area (Å²) < 4.78 is 2.95. The maximum atomic E-state index is 11.5. The van der Waals surface area contributed by atoms with E-state index in [0.717, 1.165) is 16.8 Å². The fraction of sp³-hybridized carbons (Fsp3) is 0.429. The van der Waals surface area contributed by atoms with Crippen molar-refractivity contribution < 1.29 is 9.53 Å². The van der Waals surface area contributed by atoms with Crippen molar-refractivity contribution in [2.24, 2.45) is 0 Å².